The fourth-order valence-corrected chi connectivity index (χ4v) is 2.99. The summed E-state index contributed by atoms with van der Waals surface area (Å²) in [6, 6.07) is 14.8. The summed E-state index contributed by atoms with van der Waals surface area (Å²) >= 11 is 0. The number of benzene rings is 2. The fourth-order valence-electron chi connectivity index (χ4n) is 2.99. The van der Waals surface area contributed by atoms with E-state index in [0.717, 1.165) is 0 Å². The number of nitrogens with one attached hydrogen (secondary N) is 3. The summed E-state index contributed by atoms with van der Waals surface area (Å²) in [6.07, 6.45) is 0. The molecule has 1 fully saturated rings. The molecule has 0 radical (unpaired) electrons. The molecule has 27 heavy (non-hydrogen) atoms. The van der Waals surface area contributed by atoms with Gasteiger partial charge in [0.2, 0.25) is 5.91 Å². The van der Waals surface area contributed by atoms with Crippen molar-refractivity contribution in [1.82, 2.24) is 10.6 Å². The maximum absolute atomic E-state index is 13.0. The highest BCUT2D eigenvalue weighted by Crippen LogP contribution is 2.32. The predicted octanol–water partition coefficient (Wildman–Crippen LogP) is 2.69. The maximum Gasteiger partial charge on any atom is 0.319 e. The third kappa shape index (κ3) is 3.75. The van der Waals surface area contributed by atoms with Gasteiger partial charge >= 0.3 is 6.03 Å². The van der Waals surface area contributed by atoms with E-state index in [1.54, 1.807) is 48.5 Å². The largest absolute Gasteiger partial charge is 0.495 e. The summed E-state index contributed by atoms with van der Waals surface area (Å²) < 4.78 is 5.26. The van der Waals surface area contributed by atoms with E-state index < -0.39 is 18.0 Å². The molecule has 1 aliphatic rings. The predicted molar refractivity (Wildman–Crippen MR) is 99.8 cm³/mol. The number of carbonyl (C=O) groups excluding carboxylic acids is 2. The fraction of sp³-hybridized carbons (Fsp3) is 0.150. The van der Waals surface area contributed by atoms with Crippen molar-refractivity contribution in [2.75, 3.05) is 12.4 Å². The van der Waals surface area contributed by atoms with Gasteiger partial charge in [0.05, 0.1) is 30.5 Å². The lowest BCUT2D eigenvalue weighted by Crippen LogP contribution is -2.51. The summed E-state index contributed by atoms with van der Waals surface area (Å²) in [4.78, 5) is 24.9. The van der Waals surface area contributed by atoms with Crippen molar-refractivity contribution in [2.45, 2.75) is 6.04 Å². The minimum Gasteiger partial charge on any atom is -0.495 e. The molecule has 0 saturated carbocycles. The zero-order valence-electron chi connectivity index (χ0n) is 14.7. The van der Waals surface area contributed by atoms with Gasteiger partial charge in [-0.25, -0.2) is 4.79 Å². The summed E-state index contributed by atoms with van der Waals surface area (Å²) in [7, 11) is 1.52. The van der Waals surface area contributed by atoms with E-state index in [4.69, 9.17) is 10.00 Å². The van der Waals surface area contributed by atoms with Crippen LogP contribution in [0.1, 0.15) is 17.2 Å². The van der Waals surface area contributed by atoms with E-state index in [9.17, 15) is 9.59 Å². The smallest absolute Gasteiger partial charge is 0.319 e. The monoisotopic (exact) mass is 362 g/mol. The minimum atomic E-state index is -0.749. The molecule has 1 aliphatic heterocycles. The Balaban J connectivity index is 1.91. The highest BCUT2D eigenvalue weighted by Gasteiger charge is 2.38. The van der Waals surface area contributed by atoms with Crippen molar-refractivity contribution < 1.29 is 14.3 Å². The number of nitrogens with zero attached hydrogens (tertiary/aromatic N) is 1. The molecule has 3 amide bonds. The Kier molecular flexibility index (Phi) is 5.08. The first-order chi connectivity index (χ1) is 13.0. The average molecular weight is 362 g/mol. The van der Waals surface area contributed by atoms with E-state index in [-0.39, 0.29) is 5.91 Å². The Morgan fingerprint density at radius 3 is 2.59 bits per heavy atom. The molecule has 2 atom stereocenters. The van der Waals surface area contributed by atoms with Crippen LogP contribution in [-0.2, 0) is 4.79 Å². The third-order valence-corrected chi connectivity index (χ3v) is 4.32. The van der Waals surface area contributed by atoms with Crippen molar-refractivity contribution in [3.63, 3.8) is 0 Å². The van der Waals surface area contributed by atoms with Crippen LogP contribution in [0.2, 0.25) is 0 Å². The number of anilines is 1. The first-order valence-corrected chi connectivity index (χ1v) is 8.23. The number of urea groups is 1. The van der Waals surface area contributed by atoms with Crippen LogP contribution >= 0.6 is 0 Å². The zero-order valence-corrected chi connectivity index (χ0v) is 14.7. The summed E-state index contributed by atoms with van der Waals surface area (Å²) in [6.45, 7) is 3.84. The van der Waals surface area contributed by atoms with E-state index in [0.29, 0.717) is 28.3 Å². The van der Waals surface area contributed by atoms with Crippen LogP contribution in [-0.4, -0.2) is 19.0 Å². The quantitative estimate of drug-likeness (QED) is 0.778. The van der Waals surface area contributed by atoms with Crippen LogP contribution in [0.4, 0.5) is 10.5 Å². The Hall–Kier alpha value is -3.79. The lowest BCUT2D eigenvalue weighted by Gasteiger charge is -2.34. The molecule has 0 bridgehead atoms. The number of para-hydroxylation sites is 2. The van der Waals surface area contributed by atoms with Gasteiger partial charge < -0.3 is 20.7 Å². The van der Waals surface area contributed by atoms with Crippen molar-refractivity contribution in [3.05, 3.63) is 71.9 Å². The maximum atomic E-state index is 13.0. The van der Waals surface area contributed by atoms with Crippen LogP contribution < -0.4 is 20.7 Å². The van der Waals surface area contributed by atoms with Crippen molar-refractivity contribution in [1.29, 1.82) is 5.26 Å². The first kappa shape index (κ1) is 18.0. The molecule has 3 rings (SSSR count). The number of carbonyl (C=O) groups is 2. The van der Waals surface area contributed by atoms with Gasteiger partial charge in [0.25, 0.3) is 0 Å². The van der Waals surface area contributed by atoms with Gasteiger partial charge in [-0.3, -0.25) is 4.79 Å². The van der Waals surface area contributed by atoms with Gasteiger partial charge in [-0.2, -0.15) is 5.26 Å². The molecule has 7 nitrogen and oxygen atoms in total. The minimum absolute atomic E-state index is 0.292. The Morgan fingerprint density at radius 2 is 1.93 bits per heavy atom. The molecule has 0 aromatic heterocycles. The van der Waals surface area contributed by atoms with Crippen LogP contribution in [0.3, 0.4) is 0 Å². The summed E-state index contributed by atoms with van der Waals surface area (Å²) in [5.41, 5.74) is 2.01. The molecule has 3 N–H and O–H groups in total. The van der Waals surface area contributed by atoms with Gasteiger partial charge in [0.1, 0.15) is 11.7 Å². The first-order valence-electron chi connectivity index (χ1n) is 8.23. The van der Waals surface area contributed by atoms with Crippen LogP contribution in [0.15, 0.2) is 60.8 Å². The number of hydrogen-bond acceptors (Lipinski definition) is 4. The van der Waals surface area contributed by atoms with Crippen LogP contribution in [0.25, 0.3) is 0 Å². The van der Waals surface area contributed by atoms with Gasteiger partial charge in [0.15, 0.2) is 0 Å². The molecular formula is C20H18N4O3. The molecule has 7 heteroatoms. The molecule has 1 heterocycles. The van der Waals surface area contributed by atoms with Gasteiger partial charge in [-0.05, 0) is 29.8 Å². The average Bonchev–Trinajstić information content (AvgIpc) is 2.67. The molecule has 0 spiro atoms. The van der Waals surface area contributed by atoms with Gasteiger partial charge in [-0.1, -0.05) is 30.8 Å². The number of rotatable bonds is 4. The number of amides is 3. The van der Waals surface area contributed by atoms with Gasteiger partial charge in [-0.15, -0.1) is 0 Å². The molecule has 0 unspecified atom stereocenters. The molecule has 2 aromatic rings. The Labute approximate surface area is 156 Å². The number of hydrogen-bond donors (Lipinski definition) is 3. The number of nitriles is 1. The van der Waals surface area contributed by atoms with Crippen molar-refractivity contribution >= 4 is 17.6 Å². The summed E-state index contributed by atoms with van der Waals surface area (Å²) in [5, 5.41) is 17.1. The highest BCUT2D eigenvalue weighted by molar-refractivity contribution is 5.98. The molecule has 2 aromatic carbocycles. The number of ether oxygens (including phenoxy) is 1. The van der Waals surface area contributed by atoms with Crippen molar-refractivity contribution in [2.24, 2.45) is 5.92 Å². The highest BCUT2D eigenvalue weighted by atomic mass is 16.5. The van der Waals surface area contributed by atoms with Crippen LogP contribution in [0, 0.1) is 17.2 Å². The topological polar surface area (TPSA) is 103 Å². The standard InChI is InChI=1S/C20H18N4O3/c1-12-17(19(25)23-15-5-3-4-6-16(15)27-2)18(24-20(26)22-12)14-9-7-13(11-21)8-10-14/h3-10,17-18H,1H2,2H3,(H,23,25)(H2,22,24,26)/t17-,18-/m0/s1. The lowest BCUT2D eigenvalue weighted by molar-refractivity contribution is -0.119. The van der Waals surface area contributed by atoms with E-state index in [2.05, 4.69) is 22.5 Å². The second-order valence-corrected chi connectivity index (χ2v) is 6.00. The summed E-state index contributed by atoms with van der Waals surface area (Å²) in [5.74, 6) is -0.564. The lowest BCUT2D eigenvalue weighted by atomic mass is 9.88. The Morgan fingerprint density at radius 1 is 1.22 bits per heavy atom. The second kappa shape index (κ2) is 7.62. The van der Waals surface area contributed by atoms with E-state index in [1.807, 2.05) is 6.07 Å². The molecule has 0 aliphatic carbocycles. The second-order valence-electron chi connectivity index (χ2n) is 6.00. The van der Waals surface area contributed by atoms with Crippen LogP contribution in [0.5, 0.6) is 5.75 Å². The molecular weight excluding hydrogens is 344 g/mol. The third-order valence-electron chi connectivity index (χ3n) is 4.32. The Bertz CT molecular complexity index is 931. The van der Waals surface area contributed by atoms with E-state index >= 15 is 0 Å². The van der Waals surface area contributed by atoms with Gasteiger partial charge in [0, 0.05) is 5.70 Å². The van der Waals surface area contributed by atoms with Crippen molar-refractivity contribution in [3.8, 4) is 11.8 Å². The molecule has 136 valence electrons. The molecule has 1 saturated heterocycles. The van der Waals surface area contributed by atoms with E-state index in [1.165, 1.54) is 7.11 Å². The normalized spacial score (nSPS) is 18.7. The SMILES string of the molecule is C=C1NC(=O)N[C@@H](c2ccc(C#N)cc2)[C@H]1C(=O)Nc1ccccc1OC. The number of methoxy groups -OCH3 is 1. The zero-order chi connectivity index (χ0) is 19.4.